The maximum absolute atomic E-state index is 11.5. The summed E-state index contributed by atoms with van der Waals surface area (Å²) in [6.07, 6.45) is 1.99. The molecule has 2 N–H and O–H groups in total. The number of ether oxygens (including phenoxy) is 3. The maximum atomic E-state index is 11.5. The molecular formula is C18H19N3O4. The average molecular weight is 341 g/mol. The molecule has 1 saturated heterocycles. The van der Waals surface area contributed by atoms with Crippen molar-refractivity contribution >= 4 is 11.7 Å². The molecule has 0 unspecified atom stereocenters. The highest BCUT2D eigenvalue weighted by Crippen LogP contribution is 2.32. The zero-order valence-corrected chi connectivity index (χ0v) is 13.9. The Morgan fingerprint density at radius 3 is 2.80 bits per heavy atom. The van der Waals surface area contributed by atoms with Crippen LogP contribution in [0.25, 0.3) is 0 Å². The van der Waals surface area contributed by atoms with E-state index in [9.17, 15) is 10.1 Å². The van der Waals surface area contributed by atoms with Crippen LogP contribution in [0.1, 0.15) is 28.9 Å². The van der Waals surface area contributed by atoms with Gasteiger partial charge in [-0.15, -0.1) is 0 Å². The molecule has 1 atom stereocenters. The number of carbonyl (C=O) groups excluding carboxylic acids is 1. The Balaban J connectivity index is 1.85. The summed E-state index contributed by atoms with van der Waals surface area (Å²) in [7, 11) is 1.33. The van der Waals surface area contributed by atoms with Gasteiger partial charge in [-0.2, -0.15) is 5.26 Å². The molecule has 7 nitrogen and oxygen atoms in total. The molecule has 1 aromatic carbocycles. The summed E-state index contributed by atoms with van der Waals surface area (Å²) in [5, 5.41) is 9.35. The number of esters is 1. The van der Waals surface area contributed by atoms with Crippen LogP contribution >= 0.6 is 0 Å². The van der Waals surface area contributed by atoms with Crippen molar-refractivity contribution in [1.29, 1.82) is 5.26 Å². The quantitative estimate of drug-likeness (QED) is 0.839. The smallest absolute Gasteiger partial charge is 0.337 e. The molecule has 0 bridgehead atoms. The van der Waals surface area contributed by atoms with E-state index in [1.165, 1.54) is 7.11 Å². The van der Waals surface area contributed by atoms with E-state index in [1.807, 2.05) is 0 Å². The number of methoxy groups -OCH3 is 1. The number of carbonyl (C=O) groups is 1. The highest BCUT2D eigenvalue weighted by Gasteiger charge is 2.22. The number of nitrogens with two attached hydrogens (primary N) is 1. The monoisotopic (exact) mass is 341 g/mol. The first kappa shape index (κ1) is 16.9. The van der Waals surface area contributed by atoms with Gasteiger partial charge in [-0.3, -0.25) is 4.57 Å². The minimum Gasteiger partial charge on any atom is -0.465 e. The van der Waals surface area contributed by atoms with Crippen LogP contribution in [0, 0.1) is 11.3 Å². The molecule has 3 rings (SSSR count). The van der Waals surface area contributed by atoms with E-state index in [4.69, 9.17) is 15.2 Å². The zero-order valence-electron chi connectivity index (χ0n) is 13.9. The van der Waals surface area contributed by atoms with Gasteiger partial charge < -0.3 is 19.9 Å². The van der Waals surface area contributed by atoms with E-state index in [2.05, 4.69) is 10.8 Å². The van der Waals surface area contributed by atoms with Gasteiger partial charge in [0.1, 0.15) is 17.5 Å². The lowest BCUT2D eigenvalue weighted by Gasteiger charge is -2.16. The topological polar surface area (TPSA) is 99.5 Å². The Labute approximate surface area is 145 Å². The predicted octanol–water partition coefficient (Wildman–Crippen LogP) is 2.70. The van der Waals surface area contributed by atoms with Gasteiger partial charge in [-0.1, -0.05) is 0 Å². The third-order valence-corrected chi connectivity index (χ3v) is 4.09. The summed E-state index contributed by atoms with van der Waals surface area (Å²) >= 11 is 0. The largest absolute Gasteiger partial charge is 0.465 e. The Kier molecular flexibility index (Phi) is 4.91. The number of hydrogen-bond acceptors (Lipinski definition) is 6. The van der Waals surface area contributed by atoms with Crippen LogP contribution in [0.4, 0.5) is 5.69 Å². The molecule has 1 aliphatic rings. The summed E-state index contributed by atoms with van der Waals surface area (Å²) in [6, 6.07) is 10.2. The van der Waals surface area contributed by atoms with Gasteiger partial charge in [0.25, 0.3) is 0 Å². The first-order valence-electron chi connectivity index (χ1n) is 7.99. The Morgan fingerprint density at radius 1 is 1.44 bits per heavy atom. The van der Waals surface area contributed by atoms with Crippen LogP contribution in [0.2, 0.25) is 0 Å². The van der Waals surface area contributed by atoms with Gasteiger partial charge in [0, 0.05) is 12.7 Å². The molecule has 2 heterocycles. The molecule has 1 aromatic heterocycles. The molecule has 0 spiro atoms. The molecule has 1 aliphatic heterocycles. The molecule has 0 aliphatic carbocycles. The highest BCUT2D eigenvalue weighted by atomic mass is 16.5. The number of benzene rings is 1. The van der Waals surface area contributed by atoms with E-state index >= 15 is 0 Å². The average Bonchev–Trinajstić information content (AvgIpc) is 3.25. The summed E-state index contributed by atoms with van der Waals surface area (Å²) in [4.78, 5) is 11.5. The fraction of sp³-hybridized carbons (Fsp3) is 0.333. The highest BCUT2D eigenvalue weighted by molar-refractivity contribution is 5.89. The van der Waals surface area contributed by atoms with Crippen LogP contribution < -0.4 is 10.5 Å². The predicted molar refractivity (Wildman–Crippen MR) is 90.4 cm³/mol. The maximum Gasteiger partial charge on any atom is 0.337 e. The lowest BCUT2D eigenvalue weighted by Crippen LogP contribution is -2.16. The van der Waals surface area contributed by atoms with Crippen LogP contribution in [-0.2, 0) is 16.0 Å². The van der Waals surface area contributed by atoms with Crippen LogP contribution in [0.5, 0.6) is 11.6 Å². The van der Waals surface area contributed by atoms with E-state index in [-0.39, 0.29) is 6.10 Å². The van der Waals surface area contributed by atoms with Gasteiger partial charge >= 0.3 is 5.97 Å². The van der Waals surface area contributed by atoms with Gasteiger partial charge in [0.15, 0.2) is 0 Å². The van der Waals surface area contributed by atoms with Crippen molar-refractivity contribution in [2.45, 2.75) is 25.5 Å². The molecule has 0 radical (unpaired) electrons. The fourth-order valence-corrected chi connectivity index (χ4v) is 2.82. The van der Waals surface area contributed by atoms with E-state index in [0.717, 1.165) is 19.4 Å². The van der Waals surface area contributed by atoms with Gasteiger partial charge in [-0.25, -0.2) is 4.79 Å². The molecular weight excluding hydrogens is 322 g/mol. The van der Waals surface area contributed by atoms with Crippen molar-refractivity contribution in [3.05, 3.63) is 41.6 Å². The number of aromatic nitrogens is 1. The van der Waals surface area contributed by atoms with Crippen LogP contribution in [-0.4, -0.2) is 30.4 Å². The lowest BCUT2D eigenvalue weighted by atomic mass is 10.2. The second kappa shape index (κ2) is 7.28. The van der Waals surface area contributed by atoms with Crippen molar-refractivity contribution in [2.24, 2.45) is 0 Å². The van der Waals surface area contributed by atoms with Crippen LogP contribution in [0.15, 0.2) is 30.3 Å². The number of nitriles is 1. The summed E-state index contributed by atoms with van der Waals surface area (Å²) < 4.78 is 17.9. The van der Waals surface area contributed by atoms with Crippen molar-refractivity contribution in [1.82, 2.24) is 4.57 Å². The lowest BCUT2D eigenvalue weighted by molar-refractivity contribution is 0.0600. The van der Waals surface area contributed by atoms with Crippen LogP contribution in [0.3, 0.4) is 0 Å². The Morgan fingerprint density at radius 2 is 2.20 bits per heavy atom. The molecule has 130 valence electrons. The summed E-state index contributed by atoms with van der Waals surface area (Å²) in [6.45, 7) is 1.24. The molecule has 25 heavy (non-hydrogen) atoms. The van der Waals surface area contributed by atoms with Crippen molar-refractivity contribution in [2.75, 3.05) is 19.5 Å². The minimum atomic E-state index is -0.417. The first-order valence-corrected chi connectivity index (χ1v) is 7.99. The third kappa shape index (κ3) is 3.59. The number of nitrogen functional groups attached to an aromatic ring is 1. The molecule has 0 amide bonds. The minimum absolute atomic E-state index is 0.0444. The molecule has 1 fully saturated rings. The standard InChI is InChI=1S/C18H19N3O4/c1-23-18(22)12-4-6-14(7-5-12)25-17-16(20)9-13(10-19)21(17)11-15-3-2-8-24-15/h4-7,9,15H,2-3,8,11,20H2,1H3/t15-/m1/s1. The van der Waals surface area contributed by atoms with Crippen molar-refractivity contribution < 1.29 is 19.0 Å². The normalized spacial score (nSPS) is 16.4. The third-order valence-electron chi connectivity index (χ3n) is 4.09. The Bertz CT molecular complexity index is 799. The number of rotatable bonds is 5. The summed E-state index contributed by atoms with van der Waals surface area (Å²) in [5.41, 5.74) is 7.26. The molecule has 0 saturated carbocycles. The second-order valence-corrected chi connectivity index (χ2v) is 5.77. The number of hydrogen-bond donors (Lipinski definition) is 1. The van der Waals surface area contributed by atoms with Gasteiger partial charge in [0.05, 0.1) is 31.0 Å². The number of anilines is 1. The van der Waals surface area contributed by atoms with Gasteiger partial charge in [-0.05, 0) is 37.1 Å². The van der Waals surface area contributed by atoms with E-state index < -0.39 is 5.97 Å². The summed E-state index contributed by atoms with van der Waals surface area (Å²) in [5.74, 6) is 0.494. The van der Waals surface area contributed by atoms with E-state index in [0.29, 0.717) is 35.1 Å². The SMILES string of the molecule is COC(=O)c1ccc(Oc2c(N)cc(C#N)n2C[C@H]2CCCO2)cc1. The Hall–Kier alpha value is -2.98. The first-order chi connectivity index (χ1) is 12.1. The fourth-order valence-electron chi connectivity index (χ4n) is 2.82. The second-order valence-electron chi connectivity index (χ2n) is 5.77. The molecule has 2 aromatic rings. The number of nitrogens with zero attached hydrogens (tertiary/aromatic N) is 2. The van der Waals surface area contributed by atoms with Crippen molar-refractivity contribution in [3.63, 3.8) is 0 Å². The zero-order chi connectivity index (χ0) is 17.8. The molecule has 7 heteroatoms. The van der Waals surface area contributed by atoms with Gasteiger partial charge in [0.2, 0.25) is 5.88 Å². The van der Waals surface area contributed by atoms with Crippen molar-refractivity contribution in [3.8, 4) is 17.7 Å². The van der Waals surface area contributed by atoms with E-state index in [1.54, 1.807) is 34.9 Å².